The Morgan fingerprint density at radius 1 is 0.279 bits per heavy atom. The Kier molecular flexibility index (Phi) is 36.4. The first kappa shape index (κ1) is 43.0. The molecule has 0 aliphatic heterocycles. The van der Waals surface area contributed by atoms with Gasteiger partial charge in [-0.1, -0.05) is 221 Å². The van der Waals surface area contributed by atoms with Crippen molar-refractivity contribution in [2.24, 2.45) is 11.8 Å². The molecular weight excluding hydrogens is 518 g/mol. The second-order valence-electron chi connectivity index (χ2n) is 15.5. The molecule has 0 aromatic heterocycles. The molecule has 0 heterocycles. The standard InChI is InChI=1S/C42H87N/c1-6-7-8-9-10-23-28-33-38-43(39-34-29-24-19-15-11-13-17-21-26-31-36-41(2)3)40-35-30-25-20-16-12-14-18-22-27-32-37-42(4)5/h41-42H,6-40H2,1-5H3. The second-order valence-corrected chi connectivity index (χ2v) is 15.5. The summed E-state index contributed by atoms with van der Waals surface area (Å²) in [5.74, 6) is 1.78. The SMILES string of the molecule is CCCCCCCCCCN(CCCCCCCCCCCCCC(C)C)CCCCCCCCCCCCCC(C)C. The maximum Gasteiger partial charge on any atom is -0.00187 e. The third-order valence-corrected chi connectivity index (χ3v) is 9.84. The van der Waals surface area contributed by atoms with Crippen LogP contribution < -0.4 is 0 Å². The van der Waals surface area contributed by atoms with Crippen LogP contribution in [0.3, 0.4) is 0 Å². The Labute approximate surface area is 275 Å². The fourth-order valence-electron chi connectivity index (χ4n) is 6.76. The van der Waals surface area contributed by atoms with Crippen molar-refractivity contribution in [3.8, 4) is 0 Å². The lowest BCUT2D eigenvalue weighted by Gasteiger charge is -2.22. The van der Waals surface area contributed by atoms with E-state index in [1.807, 2.05) is 0 Å². The highest BCUT2D eigenvalue weighted by molar-refractivity contribution is 4.61. The molecule has 0 bridgehead atoms. The van der Waals surface area contributed by atoms with Crippen LogP contribution in [0.2, 0.25) is 0 Å². The fraction of sp³-hybridized carbons (Fsp3) is 1.00. The first-order valence-corrected chi connectivity index (χ1v) is 20.8. The molecule has 0 aromatic rings. The quantitative estimate of drug-likeness (QED) is 0.0637. The summed E-state index contributed by atoms with van der Waals surface area (Å²) in [5, 5.41) is 0. The van der Waals surface area contributed by atoms with Crippen molar-refractivity contribution in [3.05, 3.63) is 0 Å². The summed E-state index contributed by atoms with van der Waals surface area (Å²) in [5.41, 5.74) is 0. The molecule has 0 aliphatic rings. The van der Waals surface area contributed by atoms with E-state index in [2.05, 4.69) is 39.5 Å². The van der Waals surface area contributed by atoms with Gasteiger partial charge in [0, 0.05) is 0 Å². The van der Waals surface area contributed by atoms with Crippen molar-refractivity contribution in [1.29, 1.82) is 0 Å². The Balaban J connectivity index is 3.85. The molecule has 1 heteroatoms. The van der Waals surface area contributed by atoms with E-state index in [1.54, 1.807) is 0 Å². The summed E-state index contributed by atoms with van der Waals surface area (Å²) in [6, 6.07) is 0. The molecule has 0 saturated heterocycles. The third-order valence-electron chi connectivity index (χ3n) is 9.84. The molecule has 0 aromatic carbocycles. The number of rotatable bonds is 37. The van der Waals surface area contributed by atoms with Crippen LogP contribution in [0.1, 0.15) is 240 Å². The van der Waals surface area contributed by atoms with E-state index in [-0.39, 0.29) is 0 Å². The van der Waals surface area contributed by atoms with E-state index < -0.39 is 0 Å². The van der Waals surface area contributed by atoms with Crippen molar-refractivity contribution in [1.82, 2.24) is 4.90 Å². The van der Waals surface area contributed by atoms with Gasteiger partial charge in [0.25, 0.3) is 0 Å². The van der Waals surface area contributed by atoms with Crippen LogP contribution >= 0.6 is 0 Å². The average Bonchev–Trinajstić information content (AvgIpc) is 2.98. The summed E-state index contributed by atoms with van der Waals surface area (Å²) in [4.78, 5) is 2.86. The van der Waals surface area contributed by atoms with Crippen molar-refractivity contribution in [3.63, 3.8) is 0 Å². The topological polar surface area (TPSA) is 3.24 Å². The van der Waals surface area contributed by atoms with Crippen LogP contribution in [0.15, 0.2) is 0 Å². The number of hydrogen-bond donors (Lipinski definition) is 0. The van der Waals surface area contributed by atoms with Gasteiger partial charge in [0.15, 0.2) is 0 Å². The molecular formula is C42H87N. The first-order valence-electron chi connectivity index (χ1n) is 20.8. The minimum absolute atomic E-state index is 0.890. The Morgan fingerprint density at radius 3 is 0.721 bits per heavy atom. The number of hydrogen-bond acceptors (Lipinski definition) is 1. The minimum Gasteiger partial charge on any atom is -0.303 e. The second kappa shape index (κ2) is 36.4. The number of nitrogens with zero attached hydrogens (tertiary/aromatic N) is 1. The van der Waals surface area contributed by atoms with Gasteiger partial charge in [-0.15, -0.1) is 0 Å². The van der Waals surface area contributed by atoms with Crippen molar-refractivity contribution in [2.45, 2.75) is 240 Å². The molecule has 1 nitrogen and oxygen atoms in total. The maximum absolute atomic E-state index is 2.86. The van der Waals surface area contributed by atoms with Gasteiger partial charge >= 0.3 is 0 Å². The van der Waals surface area contributed by atoms with Crippen LogP contribution in [0, 0.1) is 11.8 Å². The molecule has 0 fully saturated rings. The van der Waals surface area contributed by atoms with Crippen LogP contribution in [0.5, 0.6) is 0 Å². The largest absolute Gasteiger partial charge is 0.303 e. The van der Waals surface area contributed by atoms with Gasteiger partial charge in [-0.2, -0.15) is 0 Å². The van der Waals surface area contributed by atoms with Gasteiger partial charge in [0.2, 0.25) is 0 Å². The first-order chi connectivity index (χ1) is 21.1. The molecule has 0 aliphatic carbocycles. The number of unbranched alkanes of at least 4 members (excludes halogenated alkanes) is 27. The fourth-order valence-corrected chi connectivity index (χ4v) is 6.76. The van der Waals surface area contributed by atoms with Gasteiger partial charge in [0.05, 0.1) is 0 Å². The lowest BCUT2D eigenvalue weighted by Crippen LogP contribution is -2.27. The average molecular weight is 606 g/mol. The lowest BCUT2D eigenvalue weighted by molar-refractivity contribution is 0.254. The molecule has 0 saturated carbocycles. The molecule has 0 amide bonds. The van der Waals surface area contributed by atoms with Crippen molar-refractivity contribution in [2.75, 3.05) is 19.6 Å². The highest BCUT2D eigenvalue weighted by Gasteiger charge is 2.05. The van der Waals surface area contributed by atoms with Gasteiger partial charge < -0.3 is 4.90 Å². The molecule has 0 radical (unpaired) electrons. The highest BCUT2D eigenvalue weighted by Crippen LogP contribution is 2.16. The molecule has 0 N–H and O–H groups in total. The summed E-state index contributed by atoms with van der Waals surface area (Å²) < 4.78 is 0. The lowest BCUT2D eigenvalue weighted by atomic mass is 10.0. The zero-order chi connectivity index (χ0) is 31.5. The molecule has 260 valence electrons. The minimum atomic E-state index is 0.890. The van der Waals surface area contributed by atoms with E-state index in [9.17, 15) is 0 Å². The van der Waals surface area contributed by atoms with Gasteiger partial charge in [-0.05, 0) is 50.7 Å². The summed E-state index contributed by atoms with van der Waals surface area (Å²) in [6.07, 6.45) is 46.7. The monoisotopic (exact) mass is 606 g/mol. The Morgan fingerprint density at radius 2 is 0.488 bits per heavy atom. The molecule has 0 rings (SSSR count). The van der Waals surface area contributed by atoms with E-state index in [0.29, 0.717) is 0 Å². The predicted molar refractivity (Wildman–Crippen MR) is 200 cm³/mol. The van der Waals surface area contributed by atoms with Crippen LogP contribution in [0.4, 0.5) is 0 Å². The van der Waals surface area contributed by atoms with Crippen LogP contribution in [-0.4, -0.2) is 24.5 Å². The normalized spacial score (nSPS) is 12.0. The van der Waals surface area contributed by atoms with E-state index in [4.69, 9.17) is 0 Å². The van der Waals surface area contributed by atoms with Crippen LogP contribution in [0.25, 0.3) is 0 Å². The highest BCUT2D eigenvalue weighted by atomic mass is 15.1. The molecule has 43 heavy (non-hydrogen) atoms. The zero-order valence-electron chi connectivity index (χ0n) is 31.4. The Hall–Kier alpha value is -0.0400. The van der Waals surface area contributed by atoms with Gasteiger partial charge in [0.1, 0.15) is 0 Å². The van der Waals surface area contributed by atoms with E-state index >= 15 is 0 Å². The van der Waals surface area contributed by atoms with Gasteiger partial charge in [-0.25, -0.2) is 0 Å². The Bertz CT molecular complexity index is 449. The van der Waals surface area contributed by atoms with E-state index in [1.165, 1.54) is 225 Å². The molecule has 0 atom stereocenters. The van der Waals surface area contributed by atoms with Gasteiger partial charge in [-0.3, -0.25) is 0 Å². The predicted octanol–water partition coefficient (Wildman–Crippen LogP) is 15.1. The summed E-state index contributed by atoms with van der Waals surface area (Å²) in [7, 11) is 0. The smallest absolute Gasteiger partial charge is 0.00187 e. The summed E-state index contributed by atoms with van der Waals surface area (Å²) >= 11 is 0. The molecule has 0 spiro atoms. The van der Waals surface area contributed by atoms with Crippen LogP contribution in [-0.2, 0) is 0 Å². The third kappa shape index (κ3) is 38.1. The summed E-state index contributed by atoms with van der Waals surface area (Å²) in [6.45, 7) is 15.8. The van der Waals surface area contributed by atoms with Crippen molar-refractivity contribution < 1.29 is 0 Å². The van der Waals surface area contributed by atoms with Crippen molar-refractivity contribution >= 4 is 0 Å². The zero-order valence-corrected chi connectivity index (χ0v) is 31.4. The van der Waals surface area contributed by atoms with E-state index in [0.717, 1.165) is 11.8 Å². The molecule has 0 unspecified atom stereocenters. The maximum atomic E-state index is 2.86.